The van der Waals surface area contributed by atoms with E-state index < -0.39 is 0 Å². The number of amides is 1. The van der Waals surface area contributed by atoms with Gasteiger partial charge in [-0.15, -0.1) is 0 Å². The summed E-state index contributed by atoms with van der Waals surface area (Å²) in [5, 5.41) is 2.59. The number of rotatable bonds is 5. The summed E-state index contributed by atoms with van der Waals surface area (Å²) in [6.45, 7) is 2.45. The molecule has 3 N–H and O–H groups in total. The molecule has 1 heterocycles. The zero-order chi connectivity index (χ0) is 21.1. The molecule has 0 radical (unpaired) electrons. The molecule has 2 aromatic rings. The van der Waals surface area contributed by atoms with Crippen molar-refractivity contribution in [3.63, 3.8) is 0 Å². The maximum Gasteiger partial charge on any atom is 0.237 e. The average Bonchev–Trinajstić information content (AvgIpc) is 2.91. The number of nitrogens with one attached hydrogen (secondary N) is 1. The van der Waals surface area contributed by atoms with Crippen molar-refractivity contribution < 1.29 is 9.53 Å². The number of nitrogens with zero attached hydrogens (tertiary/aromatic N) is 2. The third-order valence-corrected chi connectivity index (χ3v) is 4.06. The molecular formula is C23H28N4O2. The number of nitrogens with two attached hydrogens (primary N) is 1. The fraction of sp³-hybridized carbons (Fsp3) is 0.217. The van der Waals surface area contributed by atoms with Crippen molar-refractivity contribution in [2.24, 2.45) is 10.7 Å². The van der Waals surface area contributed by atoms with Gasteiger partial charge in [0.25, 0.3) is 0 Å². The van der Waals surface area contributed by atoms with Gasteiger partial charge in [0.1, 0.15) is 6.61 Å². The van der Waals surface area contributed by atoms with Crippen LogP contribution in [0.2, 0.25) is 0 Å². The van der Waals surface area contributed by atoms with Gasteiger partial charge in [-0.05, 0) is 48.7 Å². The quantitative estimate of drug-likeness (QED) is 0.754. The first-order valence-corrected chi connectivity index (χ1v) is 9.34. The highest BCUT2D eigenvalue weighted by Crippen LogP contribution is 2.13. The Morgan fingerprint density at radius 3 is 2.69 bits per heavy atom. The fourth-order valence-electron chi connectivity index (χ4n) is 2.54. The predicted octanol–water partition coefficient (Wildman–Crippen LogP) is 3.99. The molecule has 0 bridgehead atoms. The number of allylic oxidation sites excluding steroid dienone is 2. The Bertz CT molecular complexity index is 901. The Morgan fingerprint density at radius 2 is 2.00 bits per heavy atom. The third kappa shape index (κ3) is 7.54. The minimum absolute atomic E-state index is 0.343. The standard InChI is InChI=1S/C14H15N3O2.C9H13N/c15-13-6-1-2-7-16-14(13)19-9-11-4-3-5-12(8-11)17-10-18;1-8-5-4-6-9(7-8)10(2)3/h2-8,10H,1,9,15H2,(H,17,18);4-7H,1-3H3. The summed E-state index contributed by atoms with van der Waals surface area (Å²) >= 11 is 0. The lowest BCUT2D eigenvalue weighted by atomic mass is 10.2. The van der Waals surface area contributed by atoms with E-state index in [1.54, 1.807) is 12.3 Å². The maximum absolute atomic E-state index is 10.4. The van der Waals surface area contributed by atoms with Crippen LogP contribution in [0.4, 0.5) is 11.4 Å². The van der Waals surface area contributed by atoms with Crippen LogP contribution in [0.15, 0.2) is 77.6 Å². The van der Waals surface area contributed by atoms with E-state index in [1.165, 1.54) is 11.3 Å². The zero-order valence-corrected chi connectivity index (χ0v) is 17.1. The van der Waals surface area contributed by atoms with Gasteiger partial charge in [0.15, 0.2) is 0 Å². The molecular weight excluding hydrogens is 364 g/mol. The number of hydrogen-bond donors (Lipinski definition) is 2. The molecule has 0 atom stereocenters. The zero-order valence-electron chi connectivity index (χ0n) is 17.1. The van der Waals surface area contributed by atoms with Crippen LogP contribution < -0.4 is 16.0 Å². The van der Waals surface area contributed by atoms with E-state index in [0.29, 0.717) is 24.6 Å². The first-order chi connectivity index (χ1) is 14.0. The van der Waals surface area contributed by atoms with Crippen molar-refractivity contribution in [3.8, 4) is 0 Å². The summed E-state index contributed by atoms with van der Waals surface area (Å²) < 4.78 is 5.58. The number of aryl methyl sites for hydroxylation is 1. The lowest BCUT2D eigenvalue weighted by molar-refractivity contribution is -0.105. The second-order valence-corrected chi connectivity index (χ2v) is 6.70. The van der Waals surface area contributed by atoms with E-state index in [-0.39, 0.29) is 0 Å². The first kappa shape index (κ1) is 21.8. The van der Waals surface area contributed by atoms with Gasteiger partial charge in [0.05, 0.1) is 5.70 Å². The molecule has 0 unspecified atom stereocenters. The van der Waals surface area contributed by atoms with Gasteiger partial charge in [-0.3, -0.25) is 4.79 Å². The lowest BCUT2D eigenvalue weighted by Gasteiger charge is -2.11. The normalized spacial score (nSPS) is 12.5. The van der Waals surface area contributed by atoms with Crippen LogP contribution in [-0.2, 0) is 16.1 Å². The number of carbonyl (C=O) groups excluding carboxylic acids is 1. The van der Waals surface area contributed by atoms with Gasteiger partial charge in [0.2, 0.25) is 12.3 Å². The molecule has 1 amide bonds. The van der Waals surface area contributed by atoms with E-state index in [1.807, 2.05) is 30.4 Å². The minimum Gasteiger partial charge on any atom is -0.471 e. The summed E-state index contributed by atoms with van der Waals surface area (Å²) in [6.07, 6.45) is 6.82. The number of ether oxygens (including phenoxy) is 1. The topological polar surface area (TPSA) is 79.9 Å². The van der Waals surface area contributed by atoms with Crippen LogP contribution in [0.5, 0.6) is 0 Å². The molecule has 6 heteroatoms. The lowest BCUT2D eigenvalue weighted by Crippen LogP contribution is -2.14. The Hall–Kier alpha value is -3.54. The third-order valence-electron chi connectivity index (χ3n) is 4.06. The van der Waals surface area contributed by atoms with Crippen molar-refractivity contribution in [1.82, 2.24) is 0 Å². The summed E-state index contributed by atoms with van der Waals surface area (Å²) in [7, 11) is 4.10. The van der Waals surface area contributed by atoms with E-state index in [0.717, 1.165) is 17.7 Å². The van der Waals surface area contributed by atoms with Crippen LogP contribution in [-0.4, -0.2) is 26.4 Å². The fourth-order valence-corrected chi connectivity index (χ4v) is 2.54. The molecule has 3 rings (SSSR count). The highest BCUT2D eigenvalue weighted by molar-refractivity contribution is 5.93. The van der Waals surface area contributed by atoms with Crippen molar-refractivity contribution in [2.75, 3.05) is 24.3 Å². The Kier molecular flexibility index (Phi) is 8.51. The molecule has 0 aliphatic carbocycles. The van der Waals surface area contributed by atoms with Gasteiger partial charge in [-0.25, -0.2) is 4.99 Å². The van der Waals surface area contributed by atoms with E-state index >= 15 is 0 Å². The van der Waals surface area contributed by atoms with Crippen molar-refractivity contribution >= 4 is 23.7 Å². The van der Waals surface area contributed by atoms with E-state index in [4.69, 9.17) is 10.5 Å². The SMILES string of the molecule is Cc1cccc(N(C)C)c1.NC1=CCC=CN=C1OCc1cccc(NC=O)c1. The molecule has 0 saturated heterocycles. The largest absolute Gasteiger partial charge is 0.471 e. The number of anilines is 2. The van der Waals surface area contributed by atoms with Crippen molar-refractivity contribution in [3.05, 3.63) is 83.7 Å². The van der Waals surface area contributed by atoms with Crippen molar-refractivity contribution in [2.45, 2.75) is 20.0 Å². The maximum atomic E-state index is 10.4. The minimum atomic E-state index is 0.343. The second kappa shape index (κ2) is 11.3. The van der Waals surface area contributed by atoms with Crippen LogP contribution in [0.25, 0.3) is 0 Å². The predicted molar refractivity (Wildman–Crippen MR) is 120 cm³/mol. The van der Waals surface area contributed by atoms with Crippen LogP contribution in [0.3, 0.4) is 0 Å². The average molecular weight is 393 g/mol. The molecule has 0 aromatic heterocycles. The molecule has 29 heavy (non-hydrogen) atoms. The van der Waals surface area contributed by atoms with Gasteiger partial charge in [0, 0.05) is 31.7 Å². The Morgan fingerprint density at radius 1 is 1.21 bits per heavy atom. The van der Waals surface area contributed by atoms with Crippen molar-refractivity contribution in [1.29, 1.82) is 0 Å². The summed E-state index contributed by atoms with van der Waals surface area (Å²) in [5.41, 5.74) is 10.6. The van der Waals surface area contributed by atoms with Crippen LogP contribution in [0.1, 0.15) is 17.5 Å². The Labute approximate surface area is 172 Å². The molecule has 2 aromatic carbocycles. The van der Waals surface area contributed by atoms with Crippen LogP contribution in [0, 0.1) is 6.92 Å². The Balaban J connectivity index is 0.000000253. The highest BCUT2D eigenvalue weighted by atomic mass is 16.5. The summed E-state index contributed by atoms with van der Waals surface area (Å²) in [6, 6.07) is 15.8. The van der Waals surface area contributed by atoms with Gasteiger partial charge >= 0.3 is 0 Å². The van der Waals surface area contributed by atoms with Gasteiger partial charge < -0.3 is 20.7 Å². The number of aliphatic imine (C=N–C) groups is 1. The molecule has 0 fully saturated rings. The molecule has 1 aliphatic rings. The van der Waals surface area contributed by atoms with E-state index in [9.17, 15) is 4.79 Å². The highest BCUT2D eigenvalue weighted by Gasteiger charge is 2.06. The molecule has 1 aliphatic heterocycles. The summed E-state index contributed by atoms with van der Waals surface area (Å²) in [5.74, 6) is 0.419. The molecule has 0 saturated carbocycles. The molecule has 0 spiro atoms. The number of benzene rings is 2. The molecule has 152 valence electrons. The monoisotopic (exact) mass is 392 g/mol. The second-order valence-electron chi connectivity index (χ2n) is 6.70. The first-order valence-electron chi connectivity index (χ1n) is 9.34. The molecule has 6 nitrogen and oxygen atoms in total. The van der Waals surface area contributed by atoms with Gasteiger partial charge in [-0.1, -0.05) is 36.4 Å². The van der Waals surface area contributed by atoms with Crippen LogP contribution >= 0.6 is 0 Å². The number of carbonyl (C=O) groups is 1. The smallest absolute Gasteiger partial charge is 0.237 e. The number of hydrogen-bond acceptors (Lipinski definition) is 5. The van der Waals surface area contributed by atoms with E-state index in [2.05, 4.69) is 60.5 Å². The summed E-state index contributed by atoms with van der Waals surface area (Å²) in [4.78, 5) is 16.6. The van der Waals surface area contributed by atoms with Gasteiger partial charge in [-0.2, -0.15) is 0 Å².